The summed E-state index contributed by atoms with van der Waals surface area (Å²) < 4.78 is 0. The van der Waals surface area contributed by atoms with E-state index in [1.54, 1.807) is 5.06 Å². The van der Waals surface area contributed by atoms with Crippen LogP contribution in [0.1, 0.15) is 16.5 Å². The zero-order valence-corrected chi connectivity index (χ0v) is 17.2. The number of imide groups is 1. The van der Waals surface area contributed by atoms with Gasteiger partial charge in [0.1, 0.15) is 12.0 Å². The number of amides is 2. The van der Waals surface area contributed by atoms with E-state index in [4.69, 9.17) is 4.84 Å². The van der Waals surface area contributed by atoms with Crippen molar-refractivity contribution >= 4 is 40.2 Å². The standard InChI is InChI=1S/C22H17N3O5S/c1-13-6-2-3-9-16(13)24-19(17-10-5-11-31-17)18-20(30-24)22(27)23(21(18)26)14-7-4-8-15(12-14)25(28)29/h2-12,18-20H,1H3/t18-,19-,20-/m0/s1. The van der Waals surface area contributed by atoms with E-state index in [0.29, 0.717) is 0 Å². The lowest BCUT2D eigenvalue weighted by atomic mass is 9.95. The number of non-ortho nitro benzene ring substituents is 1. The summed E-state index contributed by atoms with van der Waals surface area (Å²) in [6.45, 7) is 1.94. The van der Waals surface area contributed by atoms with E-state index in [2.05, 4.69) is 0 Å². The van der Waals surface area contributed by atoms with E-state index in [9.17, 15) is 19.7 Å². The predicted molar refractivity (Wildman–Crippen MR) is 115 cm³/mol. The third kappa shape index (κ3) is 3.01. The van der Waals surface area contributed by atoms with Gasteiger partial charge in [-0.2, -0.15) is 0 Å². The molecule has 0 radical (unpaired) electrons. The van der Waals surface area contributed by atoms with Gasteiger partial charge in [-0.05, 0) is 36.1 Å². The van der Waals surface area contributed by atoms with Crippen molar-refractivity contribution in [2.75, 3.05) is 9.96 Å². The number of carbonyl (C=O) groups is 2. The number of thiophene rings is 1. The molecule has 3 heterocycles. The van der Waals surface area contributed by atoms with Crippen LogP contribution in [0, 0.1) is 23.0 Å². The average molecular weight is 435 g/mol. The molecule has 2 aliphatic rings. The average Bonchev–Trinajstić information content (AvgIpc) is 3.46. The topological polar surface area (TPSA) is 93.0 Å². The first-order chi connectivity index (χ1) is 15.0. The molecule has 5 rings (SSSR count). The summed E-state index contributed by atoms with van der Waals surface area (Å²) in [6.07, 6.45) is -1.00. The van der Waals surface area contributed by atoms with Crippen LogP contribution in [0.4, 0.5) is 17.1 Å². The number of carbonyl (C=O) groups excluding carboxylic acids is 2. The van der Waals surface area contributed by atoms with Gasteiger partial charge in [0.2, 0.25) is 5.91 Å². The third-order valence-corrected chi connectivity index (χ3v) is 6.54. The number of nitro benzene ring substituents is 1. The van der Waals surface area contributed by atoms with E-state index < -0.39 is 34.8 Å². The minimum atomic E-state index is -1.00. The molecule has 0 N–H and O–H groups in total. The number of hydroxylamine groups is 1. The van der Waals surface area contributed by atoms with Crippen LogP contribution in [-0.4, -0.2) is 22.8 Å². The number of nitro groups is 1. The number of hydrogen-bond acceptors (Lipinski definition) is 7. The molecule has 31 heavy (non-hydrogen) atoms. The Balaban J connectivity index is 1.57. The molecule has 2 fully saturated rings. The third-order valence-electron chi connectivity index (χ3n) is 5.60. The quantitative estimate of drug-likeness (QED) is 0.349. The Kier molecular flexibility index (Phi) is 4.57. The molecule has 2 aliphatic heterocycles. The summed E-state index contributed by atoms with van der Waals surface area (Å²) >= 11 is 1.49. The molecular weight excluding hydrogens is 418 g/mol. The zero-order chi connectivity index (χ0) is 21.7. The van der Waals surface area contributed by atoms with Crippen LogP contribution in [0.3, 0.4) is 0 Å². The molecule has 0 unspecified atom stereocenters. The maximum atomic E-state index is 13.5. The number of hydrogen-bond donors (Lipinski definition) is 0. The molecule has 9 heteroatoms. The molecule has 0 aliphatic carbocycles. The van der Waals surface area contributed by atoms with Gasteiger partial charge in [-0.25, -0.2) is 9.96 Å². The summed E-state index contributed by atoms with van der Waals surface area (Å²) in [6, 6.07) is 16.5. The second-order valence-electron chi connectivity index (χ2n) is 7.41. The monoisotopic (exact) mass is 435 g/mol. The van der Waals surface area contributed by atoms with Gasteiger partial charge < -0.3 is 0 Å². The number of para-hydroxylation sites is 1. The van der Waals surface area contributed by atoms with Gasteiger partial charge in [-0.3, -0.25) is 24.5 Å². The van der Waals surface area contributed by atoms with Crippen molar-refractivity contribution in [2.45, 2.75) is 19.1 Å². The lowest BCUT2D eigenvalue weighted by molar-refractivity contribution is -0.384. The van der Waals surface area contributed by atoms with Crippen molar-refractivity contribution in [3.8, 4) is 0 Å². The Bertz CT molecular complexity index is 1200. The number of nitrogens with zero attached hydrogens (tertiary/aromatic N) is 3. The molecule has 156 valence electrons. The molecule has 0 saturated carbocycles. The van der Waals surface area contributed by atoms with Crippen LogP contribution in [0.15, 0.2) is 66.0 Å². The first-order valence-electron chi connectivity index (χ1n) is 9.64. The summed E-state index contributed by atoms with van der Waals surface area (Å²) in [5.74, 6) is -1.71. The van der Waals surface area contributed by atoms with Gasteiger partial charge in [0.25, 0.3) is 11.6 Å². The molecule has 2 aromatic carbocycles. The van der Waals surface area contributed by atoms with E-state index in [0.717, 1.165) is 21.0 Å². The Morgan fingerprint density at radius 1 is 1.03 bits per heavy atom. The van der Waals surface area contributed by atoms with E-state index >= 15 is 0 Å². The molecule has 3 aromatic rings. The minimum Gasteiger partial charge on any atom is -0.273 e. The fraction of sp³-hybridized carbons (Fsp3) is 0.182. The van der Waals surface area contributed by atoms with E-state index in [1.807, 2.05) is 48.7 Å². The van der Waals surface area contributed by atoms with Crippen LogP contribution in [0.2, 0.25) is 0 Å². The van der Waals surface area contributed by atoms with Gasteiger partial charge in [0.15, 0.2) is 6.10 Å². The highest BCUT2D eigenvalue weighted by Gasteiger charge is 2.60. The molecule has 8 nitrogen and oxygen atoms in total. The van der Waals surface area contributed by atoms with Crippen molar-refractivity contribution in [3.63, 3.8) is 0 Å². The first-order valence-corrected chi connectivity index (χ1v) is 10.5. The second kappa shape index (κ2) is 7.29. The lowest BCUT2D eigenvalue weighted by Gasteiger charge is -2.28. The highest BCUT2D eigenvalue weighted by molar-refractivity contribution is 7.10. The predicted octanol–water partition coefficient (Wildman–Crippen LogP) is 4.02. The molecule has 0 bridgehead atoms. The van der Waals surface area contributed by atoms with Crippen LogP contribution in [0.25, 0.3) is 0 Å². The van der Waals surface area contributed by atoms with Crippen LogP contribution in [0.5, 0.6) is 0 Å². The summed E-state index contributed by atoms with van der Waals surface area (Å²) in [7, 11) is 0. The molecule has 1 aromatic heterocycles. The molecule has 2 amide bonds. The van der Waals surface area contributed by atoms with Crippen molar-refractivity contribution in [2.24, 2.45) is 5.92 Å². The Hall–Kier alpha value is -3.56. The molecular formula is C22H17N3O5S. The summed E-state index contributed by atoms with van der Waals surface area (Å²) in [4.78, 5) is 45.3. The fourth-order valence-corrected chi connectivity index (χ4v) is 5.04. The lowest BCUT2D eigenvalue weighted by Crippen LogP contribution is -2.37. The number of fused-ring (bicyclic) bond motifs is 1. The van der Waals surface area contributed by atoms with E-state index in [-0.39, 0.29) is 11.4 Å². The van der Waals surface area contributed by atoms with Crippen molar-refractivity contribution < 1.29 is 19.3 Å². The summed E-state index contributed by atoms with van der Waals surface area (Å²) in [5, 5.41) is 14.7. The van der Waals surface area contributed by atoms with Crippen LogP contribution >= 0.6 is 11.3 Å². The Morgan fingerprint density at radius 3 is 2.55 bits per heavy atom. The van der Waals surface area contributed by atoms with Gasteiger partial charge in [0, 0.05) is 17.0 Å². The first kappa shape index (κ1) is 19.4. The number of anilines is 2. The largest absolute Gasteiger partial charge is 0.273 e. The van der Waals surface area contributed by atoms with Crippen LogP contribution in [-0.2, 0) is 14.4 Å². The molecule has 3 atom stereocenters. The van der Waals surface area contributed by atoms with Gasteiger partial charge >= 0.3 is 0 Å². The number of rotatable bonds is 4. The SMILES string of the molecule is Cc1ccccc1N1O[C@@H]2C(=O)N(c3cccc([N+](=O)[O-])c3)C(=O)[C@H]2[C@@H]1c1cccs1. The van der Waals surface area contributed by atoms with Crippen molar-refractivity contribution in [1.82, 2.24) is 0 Å². The van der Waals surface area contributed by atoms with Gasteiger partial charge in [0.05, 0.1) is 16.3 Å². The maximum Gasteiger partial charge on any atom is 0.271 e. The normalized spacial score (nSPS) is 22.8. The van der Waals surface area contributed by atoms with Gasteiger partial charge in [-0.1, -0.05) is 30.3 Å². The fourth-order valence-electron chi connectivity index (χ4n) is 4.18. The highest BCUT2D eigenvalue weighted by atomic mass is 32.1. The Labute approximate surface area is 181 Å². The smallest absolute Gasteiger partial charge is 0.271 e. The van der Waals surface area contributed by atoms with Gasteiger partial charge in [-0.15, -0.1) is 11.3 Å². The van der Waals surface area contributed by atoms with Crippen LogP contribution < -0.4 is 9.96 Å². The molecule has 0 spiro atoms. The number of benzene rings is 2. The van der Waals surface area contributed by atoms with Crippen molar-refractivity contribution in [1.29, 1.82) is 0 Å². The number of aryl methyl sites for hydroxylation is 1. The molecule has 2 saturated heterocycles. The minimum absolute atomic E-state index is 0.176. The highest BCUT2D eigenvalue weighted by Crippen LogP contribution is 2.49. The van der Waals surface area contributed by atoms with E-state index in [1.165, 1.54) is 35.6 Å². The zero-order valence-electron chi connectivity index (χ0n) is 16.4. The maximum absolute atomic E-state index is 13.5. The second-order valence-corrected chi connectivity index (χ2v) is 8.39. The summed E-state index contributed by atoms with van der Waals surface area (Å²) in [5.41, 5.74) is 1.74. The van der Waals surface area contributed by atoms with Crippen molar-refractivity contribution in [3.05, 3.63) is 86.6 Å². The Morgan fingerprint density at radius 2 is 1.84 bits per heavy atom.